The van der Waals surface area contributed by atoms with Gasteiger partial charge in [0.1, 0.15) is 18.0 Å². The van der Waals surface area contributed by atoms with E-state index in [9.17, 15) is 18.4 Å². The molecule has 0 radical (unpaired) electrons. The molecule has 2 saturated heterocycles. The molecule has 1 saturated carbocycles. The smallest absolute Gasteiger partial charge is 0.387 e. The van der Waals surface area contributed by atoms with E-state index in [0.717, 1.165) is 45.2 Å². The SMILES string of the molecule is O=C(O[C@@H](Cc1c(Cl)cncc1Cl)c1ccc(OC(F)F)c(OCC2CC2)c1)c1cccc(NC(C(=O)O[C@@H]2CC3CCCN(C3)C2)c2ccccc2F)c1. The molecule has 290 valence electrons. The molecular weight excluding hydrogens is 758 g/mol. The van der Waals surface area contributed by atoms with Crippen LogP contribution in [0.25, 0.3) is 0 Å². The number of benzene rings is 3. The van der Waals surface area contributed by atoms with Gasteiger partial charge in [-0.1, -0.05) is 53.5 Å². The highest BCUT2D eigenvalue weighted by molar-refractivity contribution is 6.35. The third kappa shape index (κ3) is 10.0. The van der Waals surface area contributed by atoms with Gasteiger partial charge in [0, 0.05) is 43.2 Å². The Morgan fingerprint density at radius 1 is 0.945 bits per heavy atom. The van der Waals surface area contributed by atoms with Crippen LogP contribution in [0.15, 0.2) is 79.1 Å². The van der Waals surface area contributed by atoms with Crippen LogP contribution in [-0.2, 0) is 20.7 Å². The molecule has 3 heterocycles. The third-order valence-corrected chi connectivity index (χ3v) is 10.8. The van der Waals surface area contributed by atoms with E-state index in [1.54, 1.807) is 18.2 Å². The molecule has 3 unspecified atom stereocenters. The summed E-state index contributed by atoms with van der Waals surface area (Å²) in [6.07, 6.45) is 6.37. The van der Waals surface area contributed by atoms with Gasteiger partial charge in [-0.05, 0) is 98.0 Å². The maximum atomic E-state index is 15.2. The van der Waals surface area contributed by atoms with Crippen molar-refractivity contribution in [3.63, 3.8) is 0 Å². The van der Waals surface area contributed by atoms with E-state index in [0.29, 0.717) is 41.8 Å². The van der Waals surface area contributed by atoms with Gasteiger partial charge in [0.15, 0.2) is 17.5 Å². The minimum absolute atomic E-state index is 0.00162. The first kappa shape index (κ1) is 38.7. The molecule has 2 bridgehead atoms. The van der Waals surface area contributed by atoms with Gasteiger partial charge in [0.2, 0.25) is 0 Å². The first-order valence-corrected chi connectivity index (χ1v) is 19.1. The predicted octanol–water partition coefficient (Wildman–Crippen LogP) is 9.24. The van der Waals surface area contributed by atoms with Crippen LogP contribution in [0.4, 0.5) is 18.9 Å². The predicted molar refractivity (Wildman–Crippen MR) is 200 cm³/mol. The summed E-state index contributed by atoms with van der Waals surface area (Å²) < 4.78 is 64.5. The summed E-state index contributed by atoms with van der Waals surface area (Å²) in [5.74, 6) is -1.29. The number of carbonyl (C=O) groups is 2. The van der Waals surface area contributed by atoms with Crippen molar-refractivity contribution < 1.29 is 41.7 Å². The number of rotatable bonds is 15. The van der Waals surface area contributed by atoms with Crippen molar-refractivity contribution in [1.29, 1.82) is 0 Å². The molecule has 55 heavy (non-hydrogen) atoms. The number of alkyl halides is 2. The van der Waals surface area contributed by atoms with Gasteiger partial charge in [-0.2, -0.15) is 8.78 Å². The standard InChI is InChI=1S/C41H40Cl2F3N3O6/c42-32-19-47-20-33(43)31(32)18-36(26-12-13-35(55-41(45)46)37(17-26)52-23-24-10-11-24)54-39(50)27-6-3-7-28(16-27)48-38(30-8-1-2-9-34(30)44)40(51)53-29-15-25-5-4-14-49(21-25)22-29/h1-3,6-9,12-13,16-17,19-20,24-25,29,36,38,41,48H,4-5,10-11,14-15,18,21-23H2/t25?,29-,36+,38?/m1/s1. The van der Waals surface area contributed by atoms with Crippen LogP contribution in [0.2, 0.25) is 10.0 Å². The maximum Gasteiger partial charge on any atom is 0.387 e. The second-order valence-corrected chi connectivity index (χ2v) is 15.1. The van der Waals surface area contributed by atoms with Crippen LogP contribution in [0.1, 0.15) is 71.3 Å². The lowest BCUT2D eigenvalue weighted by atomic mass is 9.88. The number of esters is 2. The summed E-state index contributed by atoms with van der Waals surface area (Å²) in [6, 6.07) is 15.4. The zero-order valence-corrected chi connectivity index (χ0v) is 31.3. The van der Waals surface area contributed by atoms with Crippen molar-refractivity contribution in [3.05, 3.63) is 117 Å². The summed E-state index contributed by atoms with van der Waals surface area (Å²) in [5.41, 5.74) is 1.40. The molecule has 7 rings (SSSR count). The molecule has 5 atom stereocenters. The Labute approximate surface area is 327 Å². The number of ether oxygens (including phenoxy) is 4. The van der Waals surface area contributed by atoms with Gasteiger partial charge in [-0.25, -0.2) is 14.0 Å². The Balaban J connectivity index is 1.14. The first-order chi connectivity index (χ1) is 26.6. The van der Waals surface area contributed by atoms with Crippen molar-refractivity contribution in [2.45, 2.75) is 63.4 Å². The second kappa shape index (κ2) is 17.5. The molecule has 3 aliphatic rings. The Morgan fingerprint density at radius 2 is 1.75 bits per heavy atom. The first-order valence-electron chi connectivity index (χ1n) is 18.3. The lowest BCUT2D eigenvalue weighted by Crippen LogP contribution is -2.48. The fraction of sp³-hybridized carbons (Fsp3) is 0.390. The van der Waals surface area contributed by atoms with Gasteiger partial charge < -0.3 is 24.3 Å². The Morgan fingerprint density at radius 3 is 2.49 bits per heavy atom. The molecule has 9 nitrogen and oxygen atoms in total. The van der Waals surface area contributed by atoms with Crippen LogP contribution in [-0.4, -0.2) is 60.8 Å². The van der Waals surface area contributed by atoms with E-state index in [1.165, 1.54) is 60.9 Å². The maximum absolute atomic E-state index is 15.2. The van der Waals surface area contributed by atoms with E-state index < -0.39 is 36.5 Å². The highest BCUT2D eigenvalue weighted by atomic mass is 35.5. The van der Waals surface area contributed by atoms with Gasteiger partial charge in [0.05, 0.1) is 22.2 Å². The lowest BCUT2D eigenvalue weighted by molar-refractivity contribution is -0.154. The fourth-order valence-corrected chi connectivity index (χ4v) is 7.72. The molecule has 1 aromatic heterocycles. The zero-order chi connectivity index (χ0) is 38.5. The Kier molecular flexibility index (Phi) is 12.3. The summed E-state index contributed by atoms with van der Waals surface area (Å²) in [6.45, 7) is -0.192. The number of halogens is 5. The molecule has 3 aromatic carbocycles. The number of carbonyl (C=O) groups excluding carboxylic acids is 2. The van der Waals surface area contributed by atoms with Crippen molar-refractivity contribution in [1.82, 2.24) is 9.88 Å². The number of piperidine rings is 2. The molecule has 0 spiro atoms. The number of hydrogen-bond acceptors (Lipinski definition) is 9. The number of anilines is 1. The highest BCUT2D eigenvalue weighted by Gasteiger charge is 2.35. The van der Waals surface area contributed by atoms with E-state index in [1.807, 2.05) is 0 Å². The van der Waals surface area contributed by atoms with Crippen LogP contribution in [0.3, 0.4) is 0 Å². The number of nitrogens with zero attached hydrogens (tertiary/aromatic N) is 2. The average Bonchev–Trinajstić information content (AvgIpc) is 3.99. The quantitative estimate of drug-likeness (QED) is 0.118. The van der Waals surface area contributed by atoms with Crippen molar-refractivity contribution in [3.8, 4) is 11.5 Å². The van der Waals surface area contributed by atoms with Crippen molar-refractivity contribution in [2.75, 3.05) is 31.6 Å². The minimum Gasteiger partial charge on any atom is -0.489 e. The van der Waals surface area contributed by atoms with E-state index in [2.05, 4.69) is 15.2 Å². The van der Waals surface area contributed by atoms with Crippen molar-refractivity contribution >= 4 is 40.8 Å². The zero-order valence-electron chi connectivity index (χ0n) is 29.8. The lowest BCUT2D eigenvalue weighted by Gasteiger charge is -2.41. The van der Waals surface area contributed by atoms with E-state index in [4.69, 9.17) is 42.1 Å². The Bertz CT molecular complexity index is 1970. The molecule has 2 aliphatic heterocycles. The van der Waals surface area contributed by atoms with Gasteiger partial charge in [-0.15, -0.1) is 0 Å². The number of fused-ring (bicyclic) bond motifs is 2. The van der Waals surface area contributed by atoms with Crippen molar-refractivity contribution in [2.24, 2.45) is 11.8 Å². The number of pyridine rings is 1. The molecule has 4 aromatic rings. The highest BCUT2D eigenvalue weighted by Crippen LogP contribution is 2.38. The molecule has 14 heteroatoms. The number of hydrogen-bond donors (Lipinski definition) is 1. The largest absolute Gasteiger partial charge is 0.489 e. The minimum atomic E-state index is -3.08. The normalized spacial score (nSPS) is 20.3. The summed E-state index contributed by atoms with van der Waals surface area (Å²) >= 11 is 12.9. The fourth-order valence-electron chi connectivity index (χ4n) is 7.20. The van der Waals surface area contributed by atoms with Gasteiger partial charge in [0.25, 0.3) is 0 Å². The molecular formula is C41H40Cl2F3N3O6. The number of aromatic nitrogens is 1. The van der Waals surface area contributed by atoms with Crippen LogP contribution >= 0.6 is 23.2 Å². The monoisotopic (exact) mass is 797 g/mol. The summed E-state index contributed by atoms with van der Waals surface area (Å²) in [5, 5.41) is 3.58. The molecule has 1 N–H and O–H groups in total. The molecule has 1 aliphatic carbocycles. The number of nitrogens with one attached hydrogen (secondary N) is 1. The molecule has 3 fully saturated rings. The van der Waals surface area contributed by atoms with E-state index >= 15 is 4.39 Å². The third-order valence-electron chi connectivity index (χ3n) is 10.1. The van der Waals surface area contributed by atoms with E-state index in [-0.39, 0.29) is 45.2 Å². The Hall–Kier alpha value is -4.52. The summed E-state index contributed by atoms with van der Waals surface area (Å²) in [4.78, 5) is 34.0. The summed E-state index contributed by atoms with van der Waals surface area (Å²) in [7, 11) is 0. The second-order valence-electron chi connectivity index (χ2n) is 14.3. The van der Waals surface area contributed by atoms with Gasteiger partial charge >= 0.3 is 18.6 Å². The average molecular weight is 799 g/mol. The van der Waals surface area contributed by atoms with Gasteiger partial charge in [-0.3, -0.25) is 9.88 Å². The van der Waals surface area contributed by atoms with Crippen LogP contribution in [0.5, 0.6) is 11.5 Å². The topological polar surface area (TPSA) is 99.2 Å². The molecule has 0 amide bonds. The van der Waals surface area contributed by atoms with Crippen LogP contribution < -0.4 is 14.8 Å². The van der Waals surface area contributed by atoms with Crippen LogP contribution in [0, 0.1) is 17.7 Å².